The second-order valence-electron chi connectivity index (χ2n) is 5.31. The minimum atomic E-state index is 0.417. The van der Waals surface area contributed by atoms with Gasteiger partial charge in [0.1, 0.15) is 5.78 Å². The van der Waals surface area contributed by atoms with E-state index in [1.807, 2.05) is 0 Å². The van der Waals surface area contributed by atoms with E-state index in [4.69, 9.17) is 0 Å². The second-order valence-corrected chi connectivity index (χ2v) is 5.31. The van der Waals surface area contributed by atoms with E-state index in [-0.39, 0.29) is 0 Å². The van der Waals surface area contributed by atoms with Gasteiger partial charge in [0, 0.05) is 12.3 Å². The molecule has 0 aliphatic heterocycles. The molecule has 0 radical (unpaired) electrons. The van der Waals surface area contributed by atoms with Crippen molar-refractivity contribution in [3.05, 3.63) is 0 Å². The van der Waals surface area contributed by atoms with E-state index in [9.17, 15) is 4.79 Å². The van der Waals surface area contributed by atoms with Crippen molar-refractivity contribution in [2.24, 2.45) is 23.2 Å². The van der Waals surface area contributed by atoms with Crippen LogP contribution >= 0.6 is 0 Å². The van der Waals surface area contributed by atoms with Gasteiger partial charge in [-0.3, -0.25) is 4.79 Å². The number of hydrogen-bond donors (Lipinski definition) is 0. The van der Waals surface area contributed by atoms with E-state index in [0.29, 0.717) is 29.0 Å². The molecule has 0 aromatic carbocycles. The molecule has 2 saturated carbocycles. The van der Waals surface area contributed by atoms with Crippen LogP contribution in [0.4, 0.5) is 0 Å². The first-order chi connectivity index (χ1) is 5.52. The quantitative estimate of drug-likeness (QED) is 0.540. The smallest absolute Gasteiger partial charge is 0.136 e. The normalized spacial score (nSPS) is 44.9. The Morgan fingerprint density at radius 1 is 1.42 bits per heavy atom. The maximum Gasteiger partial charge on any atom is 0.136 e. The van der Waals surface area contributed by atoms with Gasteiger partial charge in [-0.25, -0.2) is 0 Å². The van der Waals surface area contributed by atoms with Crippen LogP contribution in [0.25, 0.3) is 0 Å². The highest BCUT2D eigenvalue weighted by molar-refractivity contribution is 5.84. The third-order valence-electron chi connectivity index (χ3n) is 3.97. The third-order valence-corrected chi connectivity index (χ3v) is 3.97. The molecule has 0 amide bonds. The molecule has 2 fully saturated rings. The van der Waals surface area contributed by atoms with Crippen molar-refractivity contribution in [1.82, 2.24) is 0 Å². The summed E-state index contributed by atoms with van der Waals surface area (Å²) in [7, 11) is 0. The number of carbonyl (C=O) groups excluding carboxylic acids is 1. The molecular weight excluding hydrogens is 148 g/mol. The maximum atomic E-state index is 11.6. The average Bonchev–Trinajstić information content (AvgIpc) is 2.38. The first kappa shape index (κ1) is 8.28. The van der Waals surface area contributed by atoms with E-state index in [2.05, 4.69) is 20.8 Å². The zero-order valence-electron chi connectivity index (χ0n) is 8.26. The molecule has 0 aromatic rings. The lowest BCUT2D eigenvalue weighted by Gasteiger charge is -2.25. The minimum absolute atomic E-state index is 0.417. The molecule has 0 unspecified atom stereocenters. The van der Waals surface area contributed by atoms with E-state index in [1.165, 1.54) is 6.42 Å². The van der Waals surface area contributed by atoms with Crippen LogP contribution in [-0.2, 0) is 4.79 Å². The topological polar surface area (TPSA) is 17.1 Å². The van der Waals surface area contributed by atoms with Crippen LogP contribution in [0.2, 0.25) is 0 Å². The van der Waals surface area contributed by atoms with Crippen molar-refractivity contribution in [2.45, 2.75) is 40.0 Å². The zero-order chi connectivity index (χ0) is 8.93. The molecule has 12 heavy (non-hydrogen) atoms. The van der Waals surface area contributed by atoms with Gasteiger partial charge in [-0.1, -0.05) is 20.8 Å². The Bertz CT molecular complexity index is 217. The van der Waals surface area contributed by atoms with Gasteiger partial charge in [0.25, 0.3) is 0 Å². The van der Waals surface area contributed by atoms with Crippen LogP contribution in [-0.4, -0.2) is 5.78 Å². The molecule has 0 N–H and O–H groups in total. The lowest BCUT2D eigenvalue weighted by Crippen LogP contribution is -2.20. The molecule has 0 bridgehead atoms. The van der Waals surface area contributed by atoms with Crippen molar-refractivity contribution in [3.8, 4) is 0 Å². The molecule has 2 aliphatic rings. The van der Waals surface area contributed by atoms with Crippen LogP contribution in [0.5, 0.6) is 0 Å². The zero-order valence-corrected chi connectivity index (χ0v) is 8.26. The van der Waals surface area contributed by atoms with Crippen molar-refractivity contribution in [2.75, 3.05) is 0 Å². The number of hydrogen-bond acceptors (Lipinski definition) is 1. The first-order valence-corrected chi connectivity index (χ1v) is 5.05. The highest BCUT2D eigenvalue weighted by Crippen LogP contribution is 2.55. The molecule has 0 heterocycles. The molecule has 68 valence electrons. The molecule has 0 aromatic heterocycles. The Balaban J connectivity index is 2.29. The molecule has 1 nitrogen and oxygen atoms in total. The van der Waals surface area contributed by atoms with Gasteiger partial charge in [0.2, 0.25) is 0 Å². The number of ketones is 1. The van der Waals surface area contributed by atoms with Crippen LogP contribution in [0.3, 0.4) is 0 Å². The van der Waals surface area contributed by atoms with E-state index in [1.54, 1.807) is 0 Å². The summed E-state index contributed by atoms with van der Waals surface area (Å²) in [5, 5.41) is 0. The summed E-state index contributed by atoms with van der Waals surface area (Å²) in [4.78, 5) is 11.6. The largest absolute Gasteiger partial charge is 0.299 e. The summed E-state index contributed by atoms with van der Waals surface area (Å²) >= 11 is 0. The monoisotopic (exact) mass is 166 g/mol. The van der Waals surface area contributed by atoms with Crippen LogP contribution in [0.15, 0.2) is 0 Å². The number of fused-ring (bicyclic) bond motifs is 1. The Hall–Kier alpha value is -0.330. The van der Waals surface area contributed by atoms with Crippen LogP contribution in [0, 0.1) is 23.2 Å². The summed E-state index contributed by atoms with van der Waals surface area (Å²) in [6.45, 7) is 6.90. The molecule has 2 aliphatic carbocycles. The summed E-state index contributed by atoms with van der Waals surface area (Å²) < 4.78 is 0. The first-order valence-electron chi connectivity index (χ1n) is 5.05. The summed E-state index contributed by atoms with van der Waals surface area (Å²) in [6, 6.07) is 0. The highest BCUT2D eigenvalue weighted by atomic mass is 16.1. The fourth-order valence-electron chi connectivity index (χ4n) is 3.57. The standard InChI is InChI=1S/C11H18O/c1-7-6-11(2,3)8-4-5-9(12)10(7)8/h7-8,10H,4-6H2,1-3H3/t7-,8-,10-/m0/s1. The van der Waals surface area contributed by atoms with Crippen molar-refractivity contribution in [1.29, 1.82) is 0 Å². The van der Waals surface area contributed by atoms with E-state index in [0.717, 1.165) is 12.8 Å². The van der Waals surface area contributed by atoms with Gasteiger partial charge < -0.3 is 0 Å². The fraction of sp³-hybridized carbons (Fsp3) is 0.909. The predicted octanol–water partition coefficient (Wildman–Crippen LogP) is 2.65. The predicted molar refractivity (Wildman–Crippen MR) is 48.8 cm³/mol. The van der Waals surface area contributed by atoms with Crippen LogP contribution < -0.4 is 0 Å². The molecule has 1 heteroatoms. The third kappa shape index (κ3) is 0.949. The van der Waals surface area contributed by atoms with Crippen LogP contribution in [0.1, 0.15) is 40.0 Å². The lowest BCUT2D eigenvalue weighted by atomic mass is 9.80. The van der Waals surface area contributed by atoms with Gasteiger partial charge in [0.05, 0.1) is 0 Å². The number of carbonyl (C=O) groups is 1. The second kappa shape index (κ2) is 2.34. The molecule has 2 rings (SSSR count). The molecular formula is C11H18O. The summed E-state index contributed by atoms with van der Waals surface area (Å²) in [5.41, 5.74) is 0.427. The lowest BCUT2D eigenvalue weighted by molar-refractivity contribution is -0.122. The molecule has 0 saturated heterocycles. The maximum absolute atomic E-state index is 11.6. The van der Waals surface area contributed by atoms with Crippen molar-refractivity contribution >= 4 is 5.78 Å². The fourth-order valence-corrected chi connectivity index (χ4v) is 3.57. The summed E-state index contributed by atoms with van der Waals surface area (Å²) in [5.74, 6) is 2.29. The van der Waals surface area contributed by atoms with E-state index >= 15 is 0 Å². The minimum Gasteiger partial charge on any atom is -0.299 e. The average molecular weight is 166 g/mol. The van der Waals surface area contributed by atoms with Gasteiger partial charge in [-0.15, -0.1) is 0 Å². The SMILES string of the molecule is C[C@H]1CC(C)(C)[C@H]2CCC(=O)[C@@H]12. The molecule has 0 spiro atoms. The van der Waals surface area contributed by atoms with Gasteiger partial charge in [-0.2, -0.15) is 0 Å². The van der Waals surface area contributed by atoms with Crippen molar-refractivity contribution < 1.29 is 4.79 Å². The van der Waals surface area contributed by atoms with Gasteiger partial charge >= 0.3 is 0 Å². The van der Waals surface area contributed by atoms with E-state index < -0.39 is 0 Å². The Morgan fingerprint density at radius 3 is 2.67 bits per heavy atom. The Labute approximate surface area is 74.5 Å². The highest BCUT2D eigenvalue weighted by Gasteiger charge is 2.51. The number of Topliss-reactive ketones (excluding diaryl/α,β-unsaturated/α-hetero) is 1. The van der Waals surface area contributed by atoms with Crippen molar-refractivity contribution in [3.63, 3.8) is 0 Å². The van der Waals surface area contributed by atoms with Gasteiger partial charge in [-0.05, 0) is 30.1 Å². The summed E-state index contributed by atoms with van der Waals surface area (Å²) in [6.07, 6.45) is 3.25. The Kier molecular flexibility index (Phi) is 1.61. The molecule has 3 atom stereocenters. The Morgan fingerprint density at radius 2 is 2.08 bits per heavy atom. The number of rotatable bonds is 0. The van der Waals surface area contributed by atoms with Gasteiger partial charge in [0.15, 0.2) is 0 Å².